The summed E-state index contributed by atoms with van der Waals surface area (Å²) in [5, 5.41) is 5.98. The van der Waals surface area contributed by atoms with Gasteiger partial charge in [-0.1, -0.05) is 54.1 Å². The molecule has 0 fully saturated rings. The number of hydrogen-bond donors (Lipinski definition) is 1. The van der Waals surface area contributed by atoms with Crippen molar-refractivity contribution in [3.8, 4) is 0 Å². The Labute approximate surface area is 107 Å². The molecule has 0 saturated carbocycles. The Morgan fingerprint density at radius 2 is 1.44 bits per heavy atom. The van der Waals surface area contributed by atoms with Crippen molar-refractivity contribution in [2.24, 2.45) is 0 Å². The van der Waals surface area contributed by atoms with Crippen LogP contribution in [0.25, 0.3) is 10.8 Å². The molecule has 0 aliphatic carbocycles. The predicted octanol–water partition coefficient (Wildman–Crippen LogP) is 4.89. The zero-order valence-electron chi connectivity index (χ0n) is 10.4. The average molecular weight is 233 g/mol. The normalized spacial score (nSPS) is 10.5. The number of fused-ring (bicyclic) bond motifs is 1. The van der Waals surface area contributed by atoms with Gasteiger partial charge in [-0.05, 0) is 30.5 Å². The van der Waals surface area contributed by atoms with Crippen LogP contribution >= 0.6 is 0 Å². The molecule has 0 bridgehead atoms. The van der Waals surface area contributed by atoms with Gasteiger partial charge in [0.2, 0.25) is 0 Å². The lowest BCUT2D eigenvalue weighted by Crippen LogP contribution is -1.91. The van der Waals surface area contributed by atoms with E-state index in [1.165, 1.54) is 16.3 Å². The quantitative estimate of drug-likeness (QED) is 0.664. The monoisotopic (exact) mass is 233 g/mol. The maximum atomic E-state index is 3.47. The first-order valence-corrected chi connectivity index (χ1v) is 6.14. The van der Waals surface area contributed by atoms with Gasteiger partial charge < -0.3 is 5.32 Å². The van der Waals surface area contributed by atoms with Crippen LogP contribution < -0.4 is 5.32 Å². The van der Waals surface area contributed by atoms with E-state index in [0.29, 0.717) is 0 Å². The molecule has 0 radical (unpaired) electrons. The topological polar surface area (TPSA) is 12.0 Å². The summed E-state index contributed by atoms with van der Waals surface area (Å²) in [4.78, 5) is 0. The standard InChI is InChI=1S/C17H15N/c1-13-9-11-15(12-10-13)18-17-8-4-6-14-5-2-3-7-16(14)17/h2-12,18H,1H3. The van der Waals surface area contributed by atoms with Crippen LogP contribution in [0.1, 0.15) is 5.56 Å². The Bertz CT molecular complexity index is 663. The Hall–Kier alpha value is -2.28. The second-order valence-corrected chi connectivity index (χ2v) is 4.52. The van der Waals surface area contributed by atoms with Crippen LogP contribution in [0.5, 0.6) is 0 Å². The number of anilines is 2. The SMILES string of the molecule is Cc1ccc(Nc2cccc3ccccc23)cc1. The van der Waals surface area contributed by atoms with Gasteiger partial charge in [0, 0.05) is 16.8 Å². The molecule has 1 N–H and O–H groups in total. The average Bonchev–Trinajstić information content (AvgIpc) is 2.42. The Balaban J connectivity index is 2.02. The van der Waals surface area contributed by atoms with Crippen LogP contribution in [0.2, 0.25) is 0 Å². The third-order valence-electron chi connectivity index (χ3n) is 3.12. The minimum absolute atomic E-state index is 1.12. The van der Waals surface area contributed by atoms with Crippen molar-refractivity contribution in [2.75, 3.05) is 5.32 Å². The lowest BCUT2D eigenvalue weighted by molar-refractivity contribution is 1.46. The summed E-state index contributed by atoms with van der Waals surface area (Å²) in [5.41, 5.74) is 3.55. The summed E-state index contributed by atoms with van der Waals surface area (Å²) in [6.45, 7) is 2.10. The second-order valence-electron chi connectivity index (χ2n) is 4.52. The Morgan fingerprint density at radius 3 is 2.28 bits per heavy atom. The smallest absolute Gasteiger partial charge is 0.0463 e. The Kier molecular flexibility index (Phi) is 2.73. The first-order chi connectivity index (χ1) is 8.83. The molecule has 3 aromatic rings. The highest BCUT2D eigenvalue weighted by molar-refractivity contribution is 5.95. The zero-order valence-corrected chi connectivity index (χ0v) is 10.4. The van der Waals surface area contributed by atoms with E-state index >= 15 is 0 Å². The van der Waals surface area contributed by atoms with E-state index in [9.17, 15) is 0 Å². The summed E-state index contributed by atoms with van der Waals surface area (Å²) < 4.78 is 0. The molecule has 0 spiro atoms. The number of hydrogen-bond acceptors (Lipinski definition) is 1. The third-order valence-corrected chi connectivity index (χ3v) is 3.12. The molecule has 0 unspecified atom stereocenters. The highest BCUT2D eigenvalue weighted by atomic mass is 14.9. The van der Waals surface area contributed by atoms with E-state index in [1.807, 2.05) is 0 Å². The molecular weight excluding hydrogens is 218 g/mol. The molecule has 0 amide bonds. The first-order valence-electron chi connectivity index (χ1n) is 6.14. The molecule has 1 heteroatoms. The van der Waals surface area contributed by atoms with Crippen LogP contribution in [-0.4, -0.2) is 0 Å². The van der Waals surface area contributed by atoms with Gasteiger partial charge in [-0.25, -0.2) is 0 Å². The molecule has 0 atom stereocenters. The summed E-state index contributed by atoms with van der Waals surface area (Å²) in [6, 6.07) is 23.2. The highest BCUT2D eigenvalue weighted by Gasteiger charge is 2.00. The first kappa shape index (κ1) is 10.8. The molecule has 0 aliphatic heterocycles. The zero-order chi connectivity index (χ0) is 12.4. The molecule has 18 heavy (non-hydrogen) atoms. The van der Waals surface area contributed by atoms with Crippen LogP contribution in [-0.2, 0) is 0 Å². The highest BCUT2D eigenvalue weighted by Crippen LogP contribution is 2.26. The Morgan fingerprint density at radius 1 is 0.722 bits per heavy atom. The van der Waals surface area contributed by atoms with E-state index in [4.69, 9.17) is 0 Å². The molecule has 3 rings (SSSR count). The van der Waals surface area contributed by atoms with Crippen molar-refractivity contribution < 1.29 is 0 Å². The van der Waals surface area contributed by atoms with E-state index in [0.717, 1.165) is 11.4 Å². The largest absolute Gasteiger partial charge is 0.355 e. The summed E-state index contributed by atoms with van der Waals surface area (Å²) >= 11 is 0. The lowest BCUT2D eigenvalue weighted by atomic mass is 10.1. The van der Waals surface area contributed by atoms with Crippen LogP contribution in [0.4, 0.5) is 11.4 Å². The van der Waals surface area contributed by atoms with Crippen LogP contribution in [0.15, 0.2) is 66.7 Å². The van der Waals surface area contributed by atoms with E-state index in [2.05, 4.69) is 79.0 Å². The van der Waals surface area contributed by atoms with Gasteiger partial charge in [-0.2, -0.15) is 0 Å². The third kappa shape index (κ3) is 2.07. The van der Waals surface area contributed by atoms with E-state index in [-0.39, 0.29) is 0 Å². The maximum absolute atomic E-state index is 3.47. The number of benzene rings is 3. The molecule has 0 aliphatic rings. The number of rotatable bonds is 2. The molecule has 0 saturated heterocycles. The van der Waals surface area contributed by atoms with Gasteiger partial charge in [-0.15, -0.1) is 0 Å². The maximum Gasteiger partial charge on any atom is 0.0463 e. The van der Waals surface area contributed by atoms with Crippen molar-refractivity contribution in [1.29, 1.82) is 0 Å². The molecule has 88 valence electrons. The molecule has 3 aromatic carbocycles. The summed E-state index contributed by atoms with van der Waals surface area (Å²) in [7, 11) is 0. The second kappa shape index (κ2) is 4.53. The number of aryl methyl sites for hydroxylation is 1. The van der Waals surface area contributed by atoms with Crippen LogP contribution in [0.3, 0.4) is 0 Å². The predicted molar refractivity (Wildman–Crippen MR) is 78.4 cm³/mol. The van der Waals surface area contributed by atoms with Gasteiger partial charge in [-0.3, -0.25) is 0 Å². The molecular formula is C17H15N. The van der Waals surface area contributed by atoms with Crippen molar-refractivity contribution in [3.05, 3.63) is 72.3 Å². The van der Waals surface area contributed by atoms with E-state index < -0.39 is 0 Å². The fraction of sp³-hybridized carbons (Fsp3) is 0.0588. The van der Waals surface area contributed by atoms with Gasteiger partial charge >= 0.3 is 0 Å². The van der Waals surface area contributed by atoms with Gasteiger partial charge in [0.15, 0.2) is 0 Å². The van der Waals surface area contributed by atoms with E-state index in [1.54, 1.807) is 0 Å². The minimum Gasteiger partial charge on any atom is -0.355 e. The van der Waals surface area contributed by atoms with Gasteiger partial charge in [0.05, 0.1) is 0 Å². The lowest BCUT2D eigenvalue weighted by Gasteiger charge is -2.10. The molecule has 0 heterocycles. The summed E-state index contributed by atoms with van der Waals surface area (Å²) in [5.74, 6) is 0. The number of nitrogens with one attached hydrogen (secondary N) is 1. The van der Waals surface area contributed by atoms with Crippen molar-refractivity contribution in [3.63, 3.8) is 0 Å². The van der Waals surface area contributed by atoms with Crippen molar-refractivity contribution in [1.82, 2.24) is 0 Å². The molecule has 0 aromatic heterocycles. The van der Waals surface area contributed by atoms with Crippen molar-refractivity contribution in [2.45, 2.75) is 6.92 Å². The van der Waals surface area contributed by atoms with Gasteiger partial charge in [0.25, 0.3) is 0 Å². The fourth-order valence-electron chi connectivity index (χ4n) is 2.13. The minimum atomic E-state index is 1.12. The summed E-state index contributed by atoms with van der Waals surface area (Å²) in [6.07, 6.45) is 0. The van der Waals surface area contributed by atoms with Gasteiger partial charge in [0.1, 0.15) is 0 Å². The molecule has 1 nitrogen and oxygen atoms in total. The van der Waals surface area contributed by atoms with Crippen LogP contribution in [0, 0.1) is 6.92 Å². The fourth-order valence-corrected chi connectivity index (χ4v) is 2.13. The van der Waals surface area contributed by atoms with Crippen molar-refractivity contribution >= 4 is 22.1 Å².